The predicted molar refractivity (Wildman–Crippen MR) is 87.7 cm³/mol. The van der Waals surface area contributed by atoms with Crippen LogP contribution in [0.4, 0.5) is 10.5 Å². The van der Waals surface area contributed by atoms with Gasteiger partial charge in [-0.05, 0) is 60.2 Å². The second-order valence-electron chi connectivity index (χ2n) is 4.95. The van der Waals surface area contributed by atoms with Gasteiger partial charge in [0.2, 0.25) is 0 Å². The number of phenolic OH excluding ortho intramolecular Hbond substituents is 1. The van der Waals surface area contributed by atoms with Crippen molar-refractivity contribution in [3.05, 3.63) is 64.6 Å². The van der Waals surface area contributed by atoms with Crippen LogP contribution in [0.5, 0.6) is 5.75 Å². The van der Waals surface area contributed by atoms with E-state index in [1.54, 1.807) is 30.3 Å². The van der Waals surface area contributed by atoms with Crippen molar-refractivity contribution >= 4 is 34.7 Å². The maximum atomic E-state index is 12.5. The Hall–Kier alpha value is -2.53. The van der Waals surface area contributed by atoms with Gasteiger partial charge in [-0.1, -0.05) is 24.3 Å². The predicted octanol–water partition coefficient (Wildman–Crippen LogP) is 3.94. The number of hydrogen-bond acceptors (Lipinski definition) is 4. The van der Waals surface area contributed by atoms with Gasteiger partial charge in [0.15, 0.2) is 0 Å². The third kappa shape index (κ3) is 2.76. The average molecular weight is 311 g/mol. The molecule has 0 bridgehead atoms. The van der Waals surface area contributed by atoms with E-state index in [4.69, 9.17) is 0 Å². The lowest BCUT2D eigenvalue weighted by Crippen LogP contribution is -2.27. The van der Waals surface area contributed by atoms with Gasteiger partial charge in [-0.2, -0.15) is 0 Å². The van der Waals surface area contributed by atoms with E-state index in [2.05, 4.69) is 0 Å². The summed E-state index contributed by atoms with van der Waals surface area (Å²) in [4.78, 5) is 26.2. The van der Waals surface area contributed by atoms with Crippen molar-refractivity contribution in [3.63, 3.8) is 0 Å². The number of anilines is 1. The molecule has 2 amide bonds. The summed E-state index contributed by atoms with van der Waals surface area (Å²) in [5.74, 6) is -0.168. The van der Waals surface area contributed by atoms with Crippen molar-refractivity contribution in [2.45, 2.75) is 6.92 Å². The number of amides is 2. The second kappa shape index (κ2) is 5.69. The number of rotatable bonds is 2. The first-order valence-electron chi connectivity index (χ1n) is 6.68. The summed E-state index contributed by atoms with van der Waals surface area (Å²) in [6.07, 6.45) is 1.65. The molecule has 0 unspecified atom stereocenters. The van der Waals surface area contributed by atoms with Crippen LogP contribution in [-0.2, 0) is 4.79 Å². The van der Waals surface area contributed by atoms with E-state index in [0.29, 0.717) is 10.6 Å². The van der Waals surface area contributed by atoms with Crippen LogP contribution in [0.2, 0.25) is 0 Å². The van der Waals surface area contributed by atoms with Crippen LogP contribution in [0.25, 0.3) is 6.08 Å². The number of thioether (sulfide) groups is 1. The fraction of sp³-hybridized carbons (Fsp3) is 0.0588. The van der Waals surface area contributed by atoms with Crippen molar-refractivity contribution in [3.8, 4) is 5.75 Å². The first-order chi connectivity index (χ1) is 10.5. The van der Waals surface area contributed by atoms with Crippen molar-refractivity contribution in [1.29, 1.82) is 0 Å². The Morgan fingerprint density at radius 2 is 1.82 bits per heavy atom. The van der Waals surface area contributed by atoms with Crippen LogP contribution in [0.1, 0.15) is 11.1 Å². The topological polar surface area (TPSA) is 57.6 Å². The smallest absolute Gasteiger partial charge is 0.298 e. The number of nitrogens with zero attached hydrogens (tertiary/aromatic N) is 1. The van der Waals surface area contributed by atoms with E-state index in [-0.39, 0.29) is 16.9 Å². The van der Waals surface area contributed by atoms with E-state index >= 15 is 0 Å². The second-order valence-corrected chi connectivity index (χ2v) is 5.94. The minimum atomic E-state index is -0.325. The summed E-state index contributed by atoms with van der Waals surface area (Å²) in [7, 11) is 0. The van der Waals surface area contributed by atoms with Crippen molar-refractivity contribution in [2.24, 2.45) is 0 Å². The largest absolute Gasteiger partial charge is 0.508 e. The van der Waals surface area contributed by atoms with Gasteiger partial charge in [-0.15, -0.1) is 0 Å². The lowest BCUT2D eigenvalue weighted by atomic mass is 10.2. The molecule has 0 radical (unpaired) electrons. The van der Waals surface area contributed by atoms with Gasteiger partial charge in [-0.3, -0.25) is 9.59 Å². The molecule has 1 aliphatic heterocycles. The summed E-state index contributed by atoms with van der Waals surface area (Å²) in [5, 5.41) is 8.97. The molecule has 1 N–H and O–H groups in total. The molecular weight excluding hydrogens is 298 g/mol. The standard InChI is InChI=1S/C17H13NO3S/c1-11-3-2-4-13(9-11)18-16(20)15(22-17(18)21)10-12-5-7-14(19)8-6-12/h2-10,19H,1H3/b15-10-. The van der Waals surface area contributed by atoms with Gasteiger partial charge in [-0.25, -0.2) is 4.90 Å². The molecular formula is C17H13NO3S. The summed E-state index contributed by atoms with van der Waals surface area (Å²) >= 11 is 0.918. The molecule has 1 saturated heterocycles. The van der Waals surface area contributed by atoms with Gasteiger partial charge in [0.05, 0.1) is 10.6 Å². The van der Waals surface area contributed by atoms with Gasteiger partial charge < -0.3 is 5.11 Å². The minimum absolute atomic E-state index is 0.157. The number of phenols is 1. The highest BCUT2D eigenvalue weighted by molar-refractivity contribution is 8.19. The van der Waals surface area contributed by atoms with E-state index in [1.165, 1.54) is 17.0 Å². The average Bonchev–Trinajstić information content (AvgIpc) is 2.76. The molecule has 1 fully saturated rings. The lowest BCUT2D eigenvalue weighted by Gasteiger charge is -2.12. The minimum Gasteiger partial charge on any atom is -0.508 e. The number of hydrogen-bond donors (Lipinski definition) is 1. The zero-order valence-corrected chi connectivity index (χ0v) is 12.6. The van der Waals surface area contributed by atoms with E-state index in [1.807, 2.05) is 19.1 Å². The highest BCUT2D eigenvalue weighted by atomic mass is 32.2. The van der Waals surface area contributed by atoms with Crippen molar-refractivity contribution in [1.82, 2.24) is 0 Å². The normalized spacial score (nSPS) is 16.6. The third-order valence-corrected chi connectivity index (χ3v) is 4.11. The highest BCUT2D eigenvalue weighted by Gasteiger charge is 2.36. The molecule has 1 heterocycles. The molecule has 22 heavy (non-hydrogen) atoms. The lowest BCUT2D eigenvalue weighted by molar-refractivity contribution is -0.113. The molecule has 0 spiro atoms. The highest BCUT2D eigenvalue weighted by Crippen LogP contribution is 2.35. The van der Waals surface area contributed by atoms with Gasteiger partial charge in [0.25, 0.3) is 11.1 Å². The molecule has 4 nitrogen and oxygen atoms in total. The summed E-state index contributed by atoms with van der Waals surface area (Å²) < 4.78 is 0. The molecule has 5 heteroatoms. The van der Waals surface area contributed by atoms with Crippen LogP contribution in [-0.4, -0.2) is 16.3 Å². The molecule has 0 atom stereocenters. The number of carbonyl (C=O) groups excluding carboxylic acids is 2. The van der Waals surface area contributed by atoms with Crippen molar-refractivity contribution < 1.29 is 14.7 Å². The number of benzene rings is 2. The molecule has 0 saturated carbocycles. The van der Waals surface area contributed by atoms with Gasteiger partial charge >= 0.3 is 0 Å². The summed E-state index contributed by atoms with van der Waals surface area (Å²) in [6.45, 7) is 1.91. The van der Waals surface area contributed by atoms with E-state index in [9.17, 15) is 14.7 Å². The van der Waals surface area contributed by atoms with Crippen LogP contribution >= 0.6 is 11.8 Å². The molecule has 3 rings (SSSR count). The van der Waals surface area contributed by atoms with Gasteiger partial charge in [0.1, 0.15) is 5.75 Å². The first kappa shape index (κ1) is 14.4. The first-order valence-corrected chi connectivity index (χ1v) is 7.50. The fourth-order valence-electron chi connectivity index (χ4n) is 2.18. The maximum absolute atomic E-state index is 12.5. The number of imide groups is 1. The van der Waals surface area contributed by atoms with Crippen molar-refractivity contribution in [2.75, 3.05) is 4.90 Å². The molecule has 1 aliphatic rings. The van der Waals surface area contributed by atoms with E-state index < -0.39 is 0 Å². The van der Waals surface area contributed by atoms with Gasteiger partial charge in [0, 0.05) is 0 Å². The molecule has 2 aromatic rings. The zero-order valence-electron chi connectivity index (χ0n) is 11.8. The third-order valence-electron chi connectivity index (χ3n) is 3.24. The Morgan fingerprint density at radius 3 is 2.50 bits per heavy atom. The Balaban J connectivity index is 1.93. The monoisotopic (exact) mass is 311 g/mol. The van der Waals surface area contributed by atoms with Crippen LogP contribution in [0, 0.1) is 6.92 Å². The summed E-state index contributed by atoms with van der Waals surface area (Å²) in [5.41, 5.74) is 2.32. The van der Waals surface area contributed by atoms with Crippen LogP contribution < -0.4 is 4.90 Å². The number of carbonyl (C=O) groups is 2. The van der Waals surface area contributed by atoms with Crippen LogP contribution in [0.3, 0.4) is 0 Å². The molecule has 2 aromatic carbocycles. The number of aryl methyl sites for hydroxylation is 1. The fourth-order valence-corrected chi connectivity index (χ4v) is 3.02. The molecule has 0 aromatic heterocycles. The Labute approximate surface area is 132 Å². The van der Waals surface area contributed by atoms with Crippen LogP contribution in [0.15, 0.2) is 53.4 Å². The SMILES string of the molecule is Cc1cccc(N2C(=O)S/C(=C\c3ccc(O)cc3)C2=O)c1. The molecule has 110 valence electrons. The Kier molecular flexibility index (Phi) is 3.73. The zero-order chi connectivity index (χ0) is 15.7. The number of aromatic hydroxyl groups is 1. The summed E-state index contributed by atoms with van der Waals surface area (Å²) in [6, 6.07) is 13.7. The maximum Gasteiger partial charge on any atom is 0.298 e. The Bertz CT molecular complexity index is 781. The quantitative estimate of drug-likeness (QED) is 0.853. The molecule has 0 aliphatic carbocycles. The Morgan fingerprint density at radius 1 is 1.09 bits per heavy atom. The van der Waals surface area contributed by atoms with E-state index in [0.717, 1.165) is 22.9 Å².